The number of benzene rings is 1. The molecule has 0 spiro atoms. The first kappa shape index (κ1) is 17.2. The van der Waals surface area contributed by atoms with Crippen LogP contribution in [0.5, 0.6) is 0 Å². The van der Waals surface area contributed by atoms with Crippen LogP contribution in [0.1, 0.15) is 31.1 Å². The molecule has 110 valence electrons. The Morgan fingerprint density at radius 3 is 2.50 bits per heavy atom. The highest BCUT2D eigenvalue weighted by molar-refractivity contribution is 14.1. The zero-order chi connectivity index (χ0) is 15.3. The van der Waals surface area contributed by atoms with E-state index >= 15 is 0 Å². The number of rotatable bonds is 5. The molecular weight excluding hydrogens is 391 g/mol. The van der Waals surface area contributed by atoms with Crippen molar-refractivity contribution < 1.29 is 9.59 Å². The molecule has 1 atom stereocenters. The third-order valence-electron chi connectivity index (χ3n) is 2.61. The van der Waals surface area contributed by atoms with Crippen molar-refractivity contribution >= 4 is 46.0 Å². The van der Waals surface area contributed by atoms with E-state index in [1.807, 2.05) is 13.8 Å². The Bertz CT molecular complexity index is 506. The van der Waals surface area contributed by atoms with Gasteiger partial charge in [0.15, 0.2) is 0 Å². The van der Waals surface area contributed by atoms with E-state index in [1.54, 1.807) is 25.1 Å². The van der Waals surface area contributed by atoms with Crippen molar-refractivity contribution in [1.82, 2.24) is 10.6 Å². The third-order valence-corrected chi connectivity index (χ3v) is 4.18. The third kappa shape index (κ3) is 5.28. The van der Waals surface area contributed by atoms with E-state index in [2.05, 4.69) is 33.2 Å². The van der Waals surface area contributed by atoms with Gasteiger partial charge >= 0.3 is 0 Å². The van der Waals surface area contributed by atoms with Gasteiger partial charge in [0.2, 0.25) is 5.91 Å². The van der Waals surface area contributed by atoms with Gasteiger partial charge in [-0.25, -0.2) is 0 Å². The van der Waals surface area contributed by atoms with E-state index in [0.717, 1.165) is 3.57 Å². The maximum Gasteiger partial charge on any atom is 0.251 e. The van der Waals surface area contributed by atoms with Crippen LogP contribution in [-0.4, -0.2) is 24.4 Å². The summed E-state index contributed by atoms with van der Waals surface area (Å²) in [5, 5.41) is 5.96. The van der Waals surface area contributed by atoms with Gasteiger partial charge in [-0.15, -0.1) is 0 Å². The number of hydrogen-bond donors (Lipinski definition) is 2. The smallest absolute Gasteiger partial charge is 0.251 e. The highest BCUT2D eigenvalue weighted by Gasteiger charge is 2.17. The zero-order valence-electron chi connectivity index (χ0n) is 11.7. The van der Waals surface area contributed by atoms with Crippen molar-refractivity contribution in [3.8, 4) is 0 Å². The SMILES string of the molecule is CC(C)CNC(=O)C(C)NC(=O)c1ccc(I)c(Cl)c1. The van der Waals surface area contributed by atoms with Crippen LogP contribution in [0.2, 0.25) is 5.02 Å². The van der Waals surface area contributed by atoms with Gasteiger partial charge in [0.1, 0.15) is 6.04 Å². The van der Waals surface area contributed by atoms with Crippen LogP contribution in [0.3, 0.4) is 0 Å². The summed E-state index contributed by atoms with van der Waals surface area (Å²) in [7, 11) is 0. The molecule has 6 heteroatoms. The summed E-state index contributed by atoms with van der Waals surface area (Å²) < 4.78 is 0.878. The second-order valence-electron chi connectivity index (χ2n) is 4.96. The van der Waals surface area contributed by atoms with Gasteiger partial charge in [-0.3, -0.25) is 9.59 Å². The molecule has 2 N–H and O–H groups in total. The molecular formula is C14H18ClIN2O2. The van der Waals surface area contributed by atoms with Gasteiger partial charge in [0.05, 0.1) is 5.02 Å². The first-order valence-corrected chi connectivity index (χ1v) is 7.80. The molecule has 1 aromatic carbocycles. The monoisotopic (exact) mass is 408 g/mol. The minimum atomic E-state index is -0.584. The summed E-state index contributed by atoms with van der Waals surface area (Å²) in [6.07, 6.45) is 0. The van der Waals surface area contributed by atoms with Crippen LogP contribution in [0.4, 0.5) is 0 Å². The number of hydrogen-bond acceptors (Lipinski definition) is 2. The predicted octanol–water partition coefficient (Wildman–Crippen LogP) is 2.84. The van der Waals surface area contributed by atoms with Crippen molar-refractivity contribution in [2.75, 3.05) is 6.54 Å². The van der Waals surface area contributed by atoms with E-state index < -0.39 is 6.04 Å². The van der Waals surface area contributed by atoms with Gasteiger partial charge in [-0.05, 0) is 53.6 Å². The normalized spacial score (nSPS) is 12.1. The molecule has 0 fully saturated rings. The Balaban J connectivity index is 2.60. The Kier molecular flexibility index (Phi) is 6.75. The summed E-state index contributed by atoms with van der Waals surface area (Å²) in [6, 6.07) is 4.46. The lowest BCUT2D eigenvalue weighted by atomic mass is 10.2. The number of carbonyl (C=O) groups excluding carboxylic acids is 2. The summed E-state index contributed by atoms with van der Waals surface area (Å²) in [4.78, 5) is 23.8. The first-order valence-electron chi connectivity index (χ1n) is 6.35. The quantitative estimate of drug-likeness (QED) is 0.736. The lowest BCUT2D eigenvalue weighted by Crippen LogP contribution is -2.45. The predicted molar refractivity (Wildman–Crippen MR) is 88.9 cm³/mol. The van der Waals surface area contributed by atoms with Crippen LogP contribution in [0.15, 0.2) is 18.2 Å². The molecule has 1 rings (SSSR count). The van der Waals surface area contributed by atoms with Crippen molar-refractivity contribution in [2.24, 2.45) is 5.92 Å². The molecule has 0 heterocycles. The Hall–Kier alpha value is -0.820. The summed E-state index contributed by atoms with van der Waals surface area (Å²) in [6.45, 7) is 6.27. The molecule has 4 nitrogen and oxygen atoms in total. The number of carbonyl (C=O) groups is 2. The average Bonchev–Trinajstić information content (AvgIpc) is 2.38. The van der Waals surface area contributed by atoms with Crippen LogP contribution in [-0.2, 0) is 4.79 Å². The van der Waals surface area contributed by atoms with E-state index in [1.165, 1.54) is 0 Å². The second-order valence-corrected chi connectivity index (χ2v) is 6.53. The molecule has 0 radical (unpaired) electrons. The van der Waals surface area contributed by atoms with Gasteiger partial charge in [0.25, 0.3) is 5.91 Å². The van der Waals surface area contributed by atoms with Crippen LogP contribution < -0.4 is 10.6 Å². The largest absolute Gasteiger partial charge is 0.354 e. The van der Waals surface area contributed by atoms with Gasteiger partial charge in [-0.2, -0.15) is 0 Å². The lowest BCUT2D eigenvalue weighted by molar-refractivity contribution is -0.122. The molecule has 0 aliphatic heterocycles. The molecule has 0 bridgehead atoms. The average molecular weight is 409 g/mol. The zero-order valence-corrected chi connectivity index (χ0v) is 14.6. The molecule has 0 aromatic heterocycles. The fourth-order valence-electron chi connectivity index (χ4n) is 1.44. The van der Waals surface area contributed by atoms with Gasteiger partial charge < -0.3 is 10.6 Å². The molecule has 0 saturated carbocycles. The van der Waals surface area contributed by atoms with Gasteiger partial charge in [0, 0.05) is 15.7 Å². The van der Waals surface area contributed by atoms with E-state index in [-0.39, 0.29) is 11.8 Å². The van der Waals surface area contributed by atoms with Crippen molar-refractivity contribution in [2.45, 2.75) is 26.8 Å². The summed E-state index contributed by atoms with van der Waals surface area (Å²) >= 11 is 8.06. The van der Waals surface area contributed by atoms with E-state index in [0.29, 0.717) is 23.0 Å². The number of halogens is 2. The molecule has 2 amide bonds. The molecule has 0 saturated heterocycles. The maximum absolute atomic E-state index is 12.0. The fourth-order valence-corrected chi connectivity index (χ4v) is 1.96. The fraction of sp³-hybridized carbons (Fsp3) is 0.429. The molecule has 0 aliphatic rings. The minimum Gasteiger partial charge on any atom is -0.354 e. The van der Waals surface area contributed by atoms with E-state index in [4.69, 9.17) is 11.6 Å². The van der Waals surface area contributed by atoms with Crippen molar-refractivity contribution in [3.05, 3.63) is 32.4 Å². The molecule has 1 unspecified atom stereocenters. The van der Waals surface area contributed by atoms with Crippen LogP contribution >= 0.6 is 34.2 Å². The van der Waals surface area contributed by atoms with Crippen LogP contribution in [0, 0.1) is 9.49 Å². The van der Waals surface area contributed by atoms with E-state index in [9.17, 15) is 9.59 Å². The van der Waals surface area contributed by atoms with Crippen LogP contribution in [0.25, 0.3) is 0 Å². The first-order chi connectivity index (χ1) is 9.31. The van der Waals surface area contributed by atoms with Gasteiger partial charge in [-0.1, -0.05) is 25.4 Å². The second kappa shape index (κ2) is 7.83. The number of nitrogens with one attached hydrogen (secondary N) is 2. The number of amides is 2. The molecule has 20 heavy (non-hydrogen) atoms. The van der Waals surface area contributed by atoms with Crippen molar-refractivity contribution in [1.29, 1.82) is 0 Å². The highest BCUT2D eigenvalue weighted by Crippen LogP contribution is 2.19. The Morgan fingerprint density at radius 2 is 1.95 bits per heavy atom. The molecule has 0 aliphatic carbocycles. The minimum absolute atomic E-state index is 0.191. The Labute approximate surface area is 137 Å². The summed E-state index contributed by atoms with van der Waals surface area (Å²) in [5.41, 5.74) is 0.443. The topological polar surface area (TPSA) is 58.2 Å². The lowest BCUT2D eigenvalue weighted by Gasteiger charge is -2.15. The standard InChI is InChI=1S/C14H18ClIN2O2/c1-8(2)7-17-13(19)9(3)18-14(20)10-4-5-12(16)11(15)6-10/h4-6,8-9H,7H2,1-3H3,(H,17,19)(H,18,20). The maximum atomic E-state index is 12.0. The molecule has 1 aromatic rings. The summed E-state index contributed by atoms with van der Waals surface area (Å²) in [5.74, 6) is -0.129. The van der Waals surface area contributed by atoms with Crippen molar-refractivity contribution in [3.63, 3.8) is 0 Å². The highest BCUT2D eigenvalue weighted by atomic mass is 127. The Morgan fingerprint density at radius 1 is 1.30 bits per heavy atom.